The number of carbonyl (C=O) groups excluding carboxylic acids is 1. The van der Waals surface area contributed by atoms with Gasteiger partial charge in [0.15, 0.2) is 5.60 Å². The molecule has 5 saturated carbocycles. The third kappa shape index (κ3) is 2.34. The Balaban J connectivity index is 1.32. The van der Waals surface area contributed by atoms with Crippen LogP contribution in [0.5, 0.6) is 0 Å². The van der Waals surface area contributed by atoms with Gasteiger partial charge in [-0.1, -0.05) is 6.42 Å². The van der Waals surface area contributed by atoms with Crippen molar-refractivity contribution in [3.8, 4) is 0 Å². The Bertz CT molecular complexity index is 509. The fourth-order valence-electron chi connectivity index (χ4n) is 7.02. The van der Waals surface area contributed by atoms with Crippen LogP contribution in [0.1, 0.15) is 70.6 Å². The molecule has 4 bridgehead atoms. The maximum atomic E-state index is 11.9. The smallest absolute Gasteiger partial charge is 0.333 e. The average Bonchev–Trinajstić information content (AvgIpc) is 2.80. The molecule has 0 atom stereocenters. The molecule has 23 heavy (non-hydrogen) atoms. The van der Waals surface area contributed by atoms with Gasteiger partial charge < -0.3 is 10.1 Å². The van der Waals surface area contributed by atoms with Crippen molar-refractivity contribution in [1.82, 2.24) is 5.32 Å². The molecule has 0 aromatic heterocycles. The van der Waals surface area contributed by atoms with E-state index in [0.717, 1.165) is 42.8 Å². The minimum absolute atomic E-state index is 0.125. The lowest BCUT2D eigenvalue weighted by Crippen LogP contribution is -2.51. The van der Waals surface area contributed by atoms with E-state index in [4.69, 9.17) is 4.74 Å². The molecule has 0 unspecified atom stereocenters. The number of hydrogen-bond acceptors (Lipinski definition) is 3. The van der Waals surface area contributed by atoms with Crippen molar-refractivity contribution in [3.05, 3.63) is 11.8 Å². The molecule has 0 aromatic carbocycles. The zero-order valence-electron chi connectivity index (χ0n) is 14.1. The zero-order valence-corrected chi connectivity index (χ0v) is 14.1. The number of ether oxygens (including phenoxy) is 1. The van der Waals surface area contributed by atoms with Crippen molar-refractivity contribution in [1.29, 1.82) is 0 Å². The van der Waals surface area contributed by atoms with E-state index in [2.05, 4.69) is 5.32 Å². The predicted molar refractivity (Wildman–Crippen MR) is 88.6 cm³/mol. The second kappa shape index (κ2) is 5.00. The summed E-state index contributed by atoms with van der Waals surface area (Å²) in [4.78, 5) is 11.9. The minimum atomic E-state index is -0.294. The molecule has 5 aliphatic carbocycles. The molecule has 1 N–H and O–H groups in total. The summed E-state index contributed by atoms with van der Waals surface area (Å²) in [5.41, 5.74) is 1.33. The number of nitrogens with one attached hydrogen (secondary N) is 1. The van der Waals surface area contributed by atoms with Gasteiger partial charge in [-0.3, -0.25) is 0 Å². The summed E-state index contributed by atoms with van der Waals surface area (Å²) in [5.74, 6) is 2.84. The van der Waals surface area contributed by atoms with Crippen molar-refractivity contribution in [3.63, 3.8) is 0 Å². The minimum Gasteiger partial charge on any atom is -0.449 e. The van der Waals surface area contributed by atoms with E-state index >= 15 is 0 Å². The summed E-state index contributed by atoms with van der Waals surface area (Å²) in [7, 11) is 0. The number of rotatable bonds is 3. The maximum absolute atomic E-state index is 11.9. The summed E-state index contributed by atoms with van der Waals surface area (Å²) >= 11 is 0. The van der Waals surface area contributed by atoms with Crippen molar-refractivity contribution < 1.29 is 9.53 Å². The van der Waals surface area contributed by atoms with E-state index in [9.17, 15) is 4.79 Å². The Morgan fingerprint density at radius 3 is 2.22 bits per heavy atom. The summed E-state index contributed by atoms with van der Waals surface area (Å²) in [6, 6.07) is 0. The molecule has 5 fully saturated rings. The van der Waals surface area contributed by atoms with E-state index in [1.54, 1.807) is 6.08 Å². The highest BCUT2D eigenvalue weighted by atomic mass is 16.6. The molecule has 126 valence electrons. The molecule has 1 aliphatic heterocycles. The third-order valence-electron chi connectivity index (χ3n) is 7.53. The van der Waals surface area contributed by atoms with Gasteiger partial charge in [0.05, 0.1) is 5.70 Å². The normalized spacial score (nSPS) is 43.6. The quantitative estimate of drug-likeness (QED) is 0.802. The van der Waals surface area contributed by atoms with Crippen molar-refractivity contribution in [2.75, 3.05) is 6.54 Å². The molecule has 3 nitrogen and oxygen atoms in total. The molecule has 1 heterocycles. The molecule has 0 aromatic rings. The van der Waals surface area contributed by atoms with Gasteiger partial charge in [0, 0.05) is 12.6 Å². The molecule has 0 amide bonds. The van der Waals surface area contributed by atoms with Crippen LogP contribution in [-0.4, -0.2) is 18.1 Å². The van der Waals surface area contributed by atoms with E-state index in [-0.39, 0.29) is 11.6 Å². The second-order valence-electron chi connectivity index (χ2n) is 9.31. The fourth-order valence-corrected chi connectivity index (χ4v) is 7.02. The molecule has 6 aliphatic rings. The largest absolute Gasteiger partial charge is 0.449 e. The molecule has 3 heteroatoms. The zero-order chi connectivity index (χ0) is 15.5. The van der Waals surface area contributed by atoms with Crippen LogP contribution in [0.25, 0.3) is 0 Å². The number of carbonyl (C=O) groups is 1. The summed E-state index contributed by atoms with van der Waals surface area (Å²) in [6.45, 7) is 1.07. The van der Waals surface area contributed by atoms with Crippen molar-refractivity contribution in [2.45, 2.75) is 76.2 Å². The SMILES string of the molecule is O=C1C=C(NCC23CC4CC(CC(C4)C2)C3)C2(CCCCC2)O1. The highest BCUT2D eigenvalue weighted by molar-refractivity contribution is 5.86. The summed E-state index contributed by atoms with van der Waals surface area (Å²) in [5, 5.41) is 3.74. The fraction of sp³-hybridized carbons (Fsp3) is 0.850. The van der Waals surface area contributed by atoms with Crippen LogP contribution < -0.4 is 5.32 Å². The lowest BCUT2D eigenvalue weighted by atomic mass is 9.49. The van der Waals surface area contributed by atoms with Crippen LogP contribution in [-0.2, 0) is 9.53 Å². The Hall–Kier alpha value is -0.990. The Morgan fingerprint density at radius 1 is 1.00 bits per heavy atom. The Kier molecular flexibility index (Phi) is 3.12. The van der Waals surface area contributed by atoms with Crippen LogP contribution in [0, 0.1) is 23.2 Å². The van der Waals surface area contributed by atoms with Crippen molar-refractivity contribution >= 4 is 5.97 Å². The predicted octanol–water partition coefficient (Wildman–Crippen LogP) is 3.94. The van der Waals surface area contributed by atoms with Crippen molar-refractivity contribution in [2.24, 2.45) is 23.2 Å². The van der Waals surface area contributed by atoms with E-state index in [0.29, 0.717) is 5.41 Å². The van der Waals surface area contributed by atoms with Gasteiger partial charge in [-0.15, -0.1) is 0 Å². The highest BCUT2D eigenvalue weighted by Gasteiger charge is 2.51. The molecule has 6 rings (SSSR count). The first-order valence-corrected chi connectivity index (χ1v) is 9.84. The molecular formula is C20H29NO2. The molecule has 1 spiro atoms. The van der Waals surface area contributed by atoms with Gasteiger partial charge in [-0.25, -0.2) is 4.79 Å². The number of hydrogen-bond donors (Lipinski definition) is 1. The number of esters is 1. The second-order valence-corrected chi connectivity index (χ2v) is 9.31. The standard InChI is InChI=1S/C20H29NO2/c22-18-9-17(20(23-18)4-2-1-3-5-20)21-13-19-10-14-6-15(11-19)8-16(7-14)12-19/h9,14-16,21H,1-8,10-13H2. The monoisotopic (exact) mass is 315 g/mol. The maximum Gasteiger partial charge on any atom is 0.333 e. The summed E-state index contributed by atoms with van der Waals surface area (Å²) < 4.78 is 5.78. The van der Waals surface area contributed by atoms with Crippen LogP contribution in [0.2, 0.25) is 0 Å². The van der Waals surface area contributed by atoms with Gasteiger partial charge in [-0.2, -0.15) is 0 Å². The molecule has 0 radical (unpaired) electrons. The van der Waals surface area contributed by atoms with Crippen LogP contribution in [0.4, 0.5) is 0 Å². The topological polar surface area (TPSA) is 38.3 Å². The van der Waals surface area contributed by atoms with E-state index < -0.39 is 0 Å². The average molecular weight is 315 g/mol. The van der Waals surface area contributed by atoms with E-state index in [1.807, 2.05) is 0 Å². The first-order valence-electron chi connectivity index (χ1n) is 9.84. The van der Waals surface area contributed by atoms with Crippen LogP contribution in [0.3, 0.4) is 0 Å². The Labute approximate surface area is 139 Å². The highest BCUT2D eigenvalue weighted by Crippen LogP contribution is 2.59. The first kappa shape index (κ1) is 14.4. The lowest BCUT2D eigenvalue weighted by molar-refractivity contribution is -0.148. The van der Waals surface area contributed by atoms with Crippen LogP contribution >= 0.6 is 0 Å². The van der Waals surface area contributed by atoms with Crippen LogP contribution in [0.15, 0.2) is 11.8 Å². The van der Waals surface area contributed by atoms with E-state index in [1.165, 1.54) is 57.8 Å². The van der Waals surface area contributed by atoms with Gasteiger partial charge in [0.2, 0.25) is 0 Å². The first-order chi connectivity index (χ1) is 11.1. The van der Waals surface area contributed by atoms with Gasteiger partial charge in [0.25, 0.3) is 0 Å². The third-order valence-corrected chi connectivity index (χ3v) is 7.53. The lowest BCUT2D eigenvalue weighted by Gasteiger charge is -2.57. The summed E-state index contributed by atoms with van der Waals surface area (Å²) in [6.07, 6.45) is 16.2. The van der Waals surface area contributed by atoms with Gasteiger partial charge in [-0.05, 0) is 87.4 Å². The molecular weight excluding hydrogens is 286 g/mol. The Morgan fingerprint density at radius 2 is 1.61 bits per heavy atom. The van der Waals surface area contributed by atoms with Gasteiger partial charge in [0.1, 0.15) is 0 Å². The molecule has 0 saturated heterocycles. The van der Waals surface area contributed by atoms with Gasteiger partial charge >= 0.3 is 5.97 Å².